The van der Waals surface area contributed by atoms with E-state index < -0.39 is 0 Å². The fraction of sp³-hybridized carbons (Fsp3) is 0.500. The van der Waals surface area contributed by atoms with Gasteiger partial charge in [-0.3, -0.25) is 4.79 Å². The number of rotatable bonds is 4. The number of hydrogen-bond donors (Lipinski definition) is 2. The van der Waals surface area contributed by atoms with Crippen molar-refractivity contribution in [3.63, 3.8) is 0 Å². The van der Waals surface area contributed by atoms with Crippen LogP contribution in [0.4, 0.5) is 5.69 Å². The van der Waals surface area contributed by atoms with Gasteiger partial charge < -0.3 is 15.4 Å². The van der Waals surface area contributed by atoms with Crippen molar-refractivity contribution < 1.29 is 9.53 Å². The lowest BCUT2D eigenvalue weighted by atomic mass is 10.1. The van der Waals surface area contributed by atoms with Gasteiger partial charge in [0, 0.05) is 16.9 Å². The topological polar surface area (TPSA) is 50.4 Å². The molecule has 1 aliphatic heterocycles. The van der Waals surface area contributed by atoms with Crippen LogP contribution in [-0.4, -0.2) is 25.6 Å². The number of amides is 1. The van der Waals surface area contributed by atoms with Gasteiger partial charge in [-0.2, -0.15) is 0 Å². The van der Waals surface area contributed by atoms with Gasteiger partial charge in [-0.05, 0) is 44.0 Å². The van der Waals surface area contributed by atoms with Crippen LogP contribution in [0.1, 0.15) is 24.8 Å². The highest BCUT2D eigenvalue weighted by Gasteiger charge is 2.19. The van der Waals surface area contributed by atoms with Crippen molar-refractivity contribution in [3.05, 3.63) is 22.2 Å². The number of carbonyl (C=O) groups excluding carboxylic acids is 1. The number of ether oxygens (including phenoxy) is 1. The molecular formula is C14H19BrN2O2. The van der Waals surface area contributed by atoms with Gasteiger partial charge >= 0.3 is 0 Å². The summed E-state index contributed by atoms with van der Waals surface area (Å²) in [4.78, 5) is 12.1. The van der Waals surface area contributed by atoms with Gasteiger partial charge in [0.1, 0.15) is 5.75 Å². The first-order chi connectivity index (χ1) is 9.10. The first kappa shape index (κ1) is 14.3. The largest absolute Gasteiger partial charge is 0.495 e. The maximum absolute atomic E-state index is 12.1. The van der Waals surface area contributed by atoms with Gasteiger partial charge in [0.25, 0.3) is 0 Å². The summed E-state index contributed by atoms with van der Waals surface area (Å²) < 4.78 is 6.26. The first-order valence-corrected chi connectivity index (χ1v) is 7.27. The maximum Gasteiger partial charge on any atom is 0.226 e. The summed E-state index contributed by atoms with van der Waals surface area (Å²) in [6, 6.07) is 4.13. The molecule has 104 valence electrons. The van der Waals surface area contributed by atoms with E-state index in [2.05, 4.69) is 26.6 Å². The molecule has 0 radical (unpaired) electrons. The summed E-state index contributed by atoms with van der Waals surface area (Å²) in [5.74, 6) is 0.711. The highest BCUT2D eigenvalue weighted by atomic mass is 79.9. The molecule has 2 rings (SSSR count). The van der Waals surface area contributed by atoms with Crippen molar-refractivity contribution in [3.8, 4) is 5.75 Å². The number of nitrogens with one attached hydrogen (secondary N) is 2. The number of halogens is 1. The lowest BCUT2D eigenvalue weighted by molar-refractivity contribution is -0.116. The van der Waals surface area contributed by atoms with Crippen LogP contribution in [0.2, 0.25) is 0 Å². The summed E-state index contributed by atoms with van der Waals surface area (Å²) in [5.41, 5.74) is 1.74. The molecule has 0 aromatic heterocycles. The highest BCUT2D eigenvalue weighted by Crippen LogP contribution is 2.32. The molecule has 0 spiro atoms. The monoisotopic (exact) mass is 326 g/mol. The molecule has 19 heavy (non-hydrogen) atoms. The average molecular weight is 327 g/mol. The van der Waals surface area contributed by atoms with Gasteiger partial charge in [-0.15, -0.1) is 0 Å². The number of aryl methyl sites for hydroxylation is 1. The van der Waals surface area contributed by atoms with Crippen LogP contribution < -0.4 is 15.4 Å². The van der Waals surface area contributed by atoms with E-state index in [9.17, 15) is 4.79 Å². The average Bonchev–Trinajstić information content (AvgIpc) is 2.85. The molecule has 1 heterocycles. The van der Waals surface area contributed by atoms with E-state index in [0.717, 1.165) is 35.1 Å². The van der Waals surface area contributed by atoms with E-state index in [1.165, 1.54) is 0 Å². The second-order valence-corrected chi connectivity index (χ2v) is 5.76. The minimum atomic E-state index is 0.0307. The molecule has 1 amide bonds. The standard InChI is InChI=1S/C14H19BrN2O2/c1-9-6-10(15)7-12(19-2)14(9)17-13(18)8-11-4-3-5-16-11/h6-7,11,16H,3-5,8H2,1-2H3,(H,17,18). The normalized spacial score (nSPS) is 18.4. The Kier molecular flexibility index (Phi) is 4.82. The minimum Gasteiger partial charge on any atom is -0.495 e. The lowest BCUT2D eigenvalue weighted by Crippen LogP contribution is -2.27. The van der Waals surface area contributed by atoms with Crippen molar-refractivity contribution in [1.29, 1.82) is 0 Å². The van der Waals surface area contributed by atoms with Crippen LogP contribution in [-0.2, 0) is 4.79 Å². The Morgan fingerprint density at radius 1 is 1.58 bits per heavy atom. The van der Waals surface area contributed by atoms with E-state index in [1.54, 1.807) is 7.11 Å². The fourth-order valence-electron chi connectivity index (χ4n) is 2.38. The Bertz CT molecular complexity index is 471. The fourth-order valence-corrected chi connectivity index (χ4v) is 2.93. The molecule has 0 bridgehead atoms. The van der Waals surface area contributed by atoms with Crippen LogP contribution in [0.3, 0.4) is 0 Å². The Morgan fingerprint density at radius 3 is 3.00 bits per heavy atom. The third-order valence-electron chi connectivity index (χ3n) is 3.34. The summed E-state index contributed by atoms with van der Waals surface area (Å²) in [7, 11) is 1.61. The Labute approximate surface area is 122 Å². The van der Waals surface area contributed by atoms with E-state index in [-0.39, 0.29) is 5.91 Å². The third kappa shape index (κ3) is 3.70. The zero-order valence-corrected chi connectivity index (χ0v) is 12.8. The van der Waals surface area contributed by atoms with Gasteiger partial charge in [0.15, 0.2) is 0 Å². The van der Waals surface area contributed by atoms with Crippen molar-refractivity contribution in [1.82, 2.24) is 5.32 Å². The molecule has 0 saturated carbocycles. The first-order valence-electron chi connectivity index (χ1n) is 6.47. The molecule has 2 N–H and O–H groups in total. The van der Waals surface area contributed by atoms with Gasteiger partial charge in [0.2, 0.25) is 5.91 Å². The zero-order valence-electron chi connectivity index (χ0n) is 11.3. The van der Waals surface area contributed by atoms with Crippen molar-refractivity contribution >= 4 is 27.5 Å². The molecule has 1 fully saturated rings. The summed E-state index contributed by atoms with van der Waals surface area (Å²) in [6.45, 7) is 2.97. The molecule has 0 aliphatic carbocycles. The predicted octanol–water partition coefficient (Wildman–Crippen LogP) is 2.85. The van der Waals surface area contributed by atoms with Crippen LogP contribution in [0.25, 0.3) is 0 Å². The van der Waals surface area contributed by atoms with Crippen molar-refractivity contribution in [2.45, 2.75) is 32.2 Å². The Balaban J connectivity index is 2.07. The second-order valence-electron chi connectivity index (χ2n) is 4.85. The van der Waals surface area contributed by atoms with Crippen molar-refractivity contribution in [2.24, 2.45) is 0 Å². The molecule has 5 heteroatoms. The quantitative estimate of drug-likeness (QED) is 0.894. The number of methoxy groups -OCH3 is 1. The molecule has 1 saturated heterocycles. The zero-order chi connectivity index (χ0) is 13.8. The second kappa shape index (κ2) is 6.39. The van der Waals surface area contributed by atoms with Crippen LogP contribution in [0.15, 0.2) is 16.6 Å². The van der Waals surface area contributed by atoms with E-state index in [1.807, 2.05) is 19.1 Å². The molecule has 1 unspecified atom stereocenters. The molecule has 1 aromatic rings. The smallest absolute Gasteiger partial charge is 0.226 e. The van der Waals surface area contributed by atoms with Gasteiger partial charge in [0.05, 0.1) is 12.8 Å². The Hall–Kier alpha value is -1.07. The van der Waals surface area contributed by atoms with Crippen LogP contribution in [0.5, 0.6) is 5.75 Å². The molecule has 4 nitrogen and oxygen atoms in total. The van der Waals surface area contributed by atoms with Gasteiger partial charge in [-0.1, -0.05) is 15.9 Å². The van der Waals surface area contributed by atoms with Crippen LogP contribution >= 0.6 is 15.9 Å². The number of hydrogen-bond acceptors (Lipinski definition) is 3. The number of anilines is 1. The van der Waals surface area contributed by atoms with E-state index in [0.29, 0.717) is 18.2 Å². The SMILES string of the molecule is COc1cc(Br)cc(C)c1NC(=O)CC1CCCN1. The number of carbonyl (C=O) groups is 1. The van der Waals surface area contributed by atoms with E-state index >= 15 is 0 Å². The number of benzene rings is 1. The summed E-state index contributed by atoms with van der Waals surface area (Å²) in [6.07, 6.45) is 2.74. The van der Waals surface area contributed by atoms with Crippen molar-refractivity contribution in [2.75, 3.05) is 19.0 Å². The third-order valence-corrected chi connectivity index (χ3v) is 3.80. The van der Waals surface area contributed by atoms with E-state index in [4.69, 9.17) is 4.74 Å². The van der Waals surface area contributed by atoms with Gasteiger partial charge in [-0.25, -0.2) is 0 Å². The molecule has 1 aromatic carbocycles. The lowest BCUT2D eigenvalue weighted by Gasteiger charge is -2.15. The summed E-state index contributed by atoms with van der Waals surface area (Å²) in [5, 5.41) is 6.29. The molecule has 1 aliphatic rings. The van der Waals surface area contributed by atoms with Crippen LogP contribution in [0, 0.1) is 6.92 Å². The predicted molar refractivity (Wildman–Crippen MR) is 79.7 cm³/mol. The highest BCUT2D eigenvalue weighted by molar-refractivity contribution is 9.10. The minimum absolute atomic E-state index is 0.0307. The summed E-state index contributed by atoms with van der Waals surface area (Å²) >= 11 is 3.42. The maximum atomic E-state index is 12.1. The Morgan fingerprint density at radius 2 is 2.37 bits per heavy atom. The molecule has 1 atom stereocenters. The molecular weight excluding hydrogens is 308 g/mol.